The number of hydrogen-bond donors (Lipinski definition) is 1. The van der Waals surface area contributed by atoms with Gasteiger partial charge in [-0.05, 0) is 6.42 Å². The first-order valence-corrected chi connectivity index (χ1v) is 9.48. The summed E-state index contributed by atoms with van der Waals surface area (Å²) >= 11 is 0. The maximum absolute atomic E-state index is 11.6. The topological polar surface area (TPSA) is 95.3 Å². The Hall–Kier alpha value is -1.80. The Bertz CT molecular complexity index is 491. The Morgan fingerprint density at radius 2 is 1.81 bits per heavy atom. The van der Waals surface area contributed by atoms with Crippen LogP contribution in [0.2, 0.25) is 0 Å². The van der Waals surface area contributed by atoms with E-state index in [9.17, 15) is 9.59 Å². The van der Waals surface area contributed by atoms with Gasteiger partial charge in [0, 0.05) is 13.0 Å². The Morgan fingerprint density at radius 3 is 2.46 bits per heavy atom. The molecule has 0 aromatic carbocycles. The van der Waals surface area contributed by atoms with Crippen LogP contribution in [0.1, 0.15) is 59.1 Å². The molecule has 150 valence electrons. The molecular formula is C18H34N4O4. The monoisotopic (exact) mass is 370 g/mol. The number of nitrogens with zero attached hydrogens (tertiary/aromatic N) is 3. The second-order valence-corrected chi connectivity index (χ2v) is 5.45. The average molecular weight is 370 g/mol. The summed E-state index contributed by atoms with van der Waals surface area (Å²) in [6.45, 7) is 9.74. The van der Waals surface area contributed by atoms with Crippen LogP contribution in [0, 0.1) is 0 Å². The highest BCUT2D eigenvalue weighted by atomic mass is 16.5. The van der Waals surface area contributed by atoms with Crippen LogP contribution in [-0.2, 0) is 32.2 Å². The van der Waals surface area contributed by atoms with E-state index in [1.165, 1.54) is 6.42 Å². The minimum atomic E-state index is -0.222. The molecule has 0 atom stereocenters. The van der Waals surface area contributed by atoms with Gasteiger partial charge in [0.2, 0.25) is 5.91 Å². The Labute approximate surface area is 156 Å². The van der Waals surface area contributed by atoms with Crippen molar-refractivity contribution in [3.63, 3.8) is 0 Å². The zero-order chi connectivity index (χ0) is 19.6. The summed E-state index contributed by atoms with van der Waals surface area (Å²) in [5.41, 5.74) is 0.723. The van der Waals surface area contributed by atoms with Crippen LogP contribution < -0.4 is 5.32 Å². The molecule has 26 heavy (non-hydrogen) atoms. The van der Waals surface area contributed by atoms with E-state index in [4.69, 9.17) is 9.47 Å². The second-order valence-electron chi connectivity index (χ2n) is 5.45. The van der Waals surface area contributed by atoms with Gasteiger partial charge in [-0.1, -0.05) is 45.7 Å². The number of Topliss-reactive ketones (excluding diaryl/α,β-unsaturated/α-hetero) is 1. The molecule has 0 aliphatic heterocycles. The normalized spacial score (nSPS) is 10.2. The first-order valence-electron chi connectivity index (χ1n) is 9.48. The average Bonchev–Trinajstić information content (AvgIpc) is 3.12. The van der Waals surface area contributed by atoms with E-state index in [1.807, 2.05) is 20.0 Å². The van der Waals surface area contributed by atoms with Crippen molar-refractivity contribution in [1.29, 1.82) is 0 Å². The summed E-state index contributed by atoms with van der Waals surface area (Å²) in [5, 5.41) is 10.8. The molecule has 0 saturated heterocycles. The molecule has 1 aromatic rings. The Kier molecular flexibility index (Phi) is 15.5. The third-order valence-corrected chi connectivity index (χ3v) is 3.31. The molecule has 0 aliphatic carbocycles. The number of amides is 1. The maximum atomic E-state index is 11.6. The summed E-state index contributed by atoms with van der Waals surface area (Å²) in [5.74, 6) is -0.171. The molecule has 0 fully saturated rings. The van der Waals surface area contributed by atoms with Gasteiger partial charge >= 0.3 is 0 Å². The van der Waals surface area contributed by atoms with E-state index in [2.05, 4.69) is 22.6 Å². The maximum Gasteiger partial charge on any atom is 0.246 e. The fraction of sp³-hybridized carbons (Fsp3) is 0.778. The van der Waals surface area contributed by atoms with Crippen LogP contribution in [0.25, 0.3) is 0 Å². The summed E-state index contributed by atoms with van der Waals surface area (Å²) in [7, 11) is 0. The van der Waals surface area contributed by atoms with Crippen molar-refractivity contribution in [3.8, 4) is 0 Å². The number of hydrogen-bond acceptors (Lipinski definition) is 6. The zero-order valence-electron chi connectivity index (χ0n) is 16.6. The van der Waals surface area contributed by atoms with Crippen molar-refractivity contribution in [2.75, 3.05) is 26.4 Å². The van der Waals surface area contributed by atoms with Gasteiger partial charge in [0.1, 0.15) is 18.9 Å². The highest BCUT2D eigenvalue weighted by Crippen LogP contribution is 1.99. The molecule has 8 heteroatoms. The lowest BCUT2D eigenvalue weighted by atomic mass is 10.2. The third-order valence-electron chi connectivity index (χ3n) is 3.31. The van der Waals surface area contributed by atoms with E-state index >= 15 is 0 Å². The SMILES string of the molecule is CC.CCCCCn1cc(CNC(=O)COCCOCC(=O)CC)nn1. The van der Waals surface area contributed by atoms with Crippen LogP contribution >= 0.6 is 0 Å². The third kappa shape index (κ3) is 12.5. The predicted octanol–water partition coefficient (Wildman–Crippen LogP) is 2.12. The molecular weight excluding hydrogens is 336 g/mol. The van der Waals surface area contributed by atoms with Crippen molar-refractivity contribution < 1.29 is 19.1 Å². The van der Waals surface area contributed by atoms with E-state index in [0.717, 1.165) is 25.1 Å². The lowest BCUT2D eigenvalue weighted by Gasteiger charge is -2.05. The predicted molar refractivity (Wildman–Crippen MR) is 99.7 cm³/mol. The largest absolute Gasteiger partial charge is 0.371 e. The molecule has 1 N–H and O–H groups in total. The van der Waals surface area contributed by atoms with E-state index in [1.54, 1.807) is 11.6 Å². The first-order chi connectivity index (χ1) is 12.7. The fourth-order valence-electron chi connectivity index (χ4n) is 1.86. The van der Waals surface area contributed by atoms with Gasteiger partial charge in [-0.15, -0.1) is 5.10 Å². The molecule has 1 rings (SSSR count). The summed E-state index contributed by atoms with van der Waals surface area (Å²) in [6, 6.07) is 0. The number of nitrogens with one attached hydrogen (secondary N) is 1. The number of ketones is 1. The molecule has 0 bridgehead atoms. The Morgan fingerprint density at radius 1 is 1.12 bits per heavy atom. The quantitative estimate of drug-likeness (QED) is 0.504. The molecule has 8 nitrogen and oxygen atoms in total. The number of rotatable bonds is 14. The van der Waals surface area contributed by atoms with Gasteiger partial charge in [-0.3, -0.25) is 14.3 Å². The van der Waals surface area contributed by atoms with Gasteiger partial charge in [-0.2, -0.15) is 0 Å². The first kappa shape index (κ1) is 24.2. The van der Waals surface area contributed by atoms with E-state index in [0.29, 0.717) is 19.6 Å². The summed E-state index contributed by atoms with van der Waals surface area (Å²) in [6.07, 6.45) is 5.71. The second kappa shape index (κ2) is 16.7. The molecule has 0 unspecified atom stereocenters. The number of ether oxygens (including phenoxy) is 2. The van der Waals surface area contributed by atoms with Crippen LogP contribution in [0.3, 0.4) is 0 Å². The lowest BCUT2D eigenvalue weighted by Crippen LogP contribution is -2.28. The van der Waals surface area contributed by atoms with Crippen LogP contribution in [0.4, 0.5) is 0 Å². The van der Waals surface area contributed by atoms with Gasteiger partial charge in [0.05, 0.1) is 26.0 Å². The number of aromatic nitrogens is 3. The summed E-state index contributed by atoms with van der Waals surface area (Å²) in [4.78, 5) is 22.6. The smallest absolute Gasteiger partial charge is 0.246 e. The van der Waals surface area contributed by atoms with Crippen LogP contribution in [-0.4, -0.2) is 53.1 Å². The van der Waals surface area contributed by atoms with Gasteiger partial charge in [-0.25, -0.2) is 0 Å². The molecule has 0 aliphatic rings. The molecule has 1 heterocycles. The van der Waals surface area contributed by atoms with Crippen molar-refractivity contribution in [3.05, 3.63) is 11.9 Å². The number of unbranched alkanes of at least 4 members (excludes halogenated alkanes) is 2. The fourth-order valence-corrected chi connectivity index (χ4v) is 1.86. The van der Waals surface area contributed by atoms with E-state index < -0.39 is 0 Å². The standard InChI is InChI=1S/C16H28N4O4.C2H6/c1-3-5-6-7-20-11-14(18-19-20)10-17-16(22)13-24-9-8-23-12-15(21)4-2;1-2/h11H,3-10,12-13H2,1-2H3,(H,17,22);1-2H3. The minimum Gasteiger partial charge on any atom is -0.371 e. The highest BCUT2D eigenvalue weighted by Gasteiger charge is 2.05. The zero-order valence-corrected chi connectivity index (χ0v) is 16.6. The van der Waals surface area contributed by atoms with Crippen LogP contribution in [0.5, 0.6) is 0 Å². The van der Waals surface area contributed by atoms with Crippen molar-refractivity contribution in [1.82, 2.24) is 20.3 Å². The molecule has 0 spiro atoms. The van der Waals surface area contributed by atoms with Crippen molar-refractivity contribution in [2.45, 2.75) is 66.5 Å². The number of carbonyl (C=O) groups excluding carboxylic acids is 2. The summed E-state index contributed by atoms with van der Waals surface area (Å²) < 4.78 is 12.1. The molecule has 0 radical (unpaired) electrons. The molecule has 0 saturated carbocycles. The molecule has 1 amide bonds. The van der Waals surface area contributed by atoms with Gasteiger partial charge < -0.3 is 14.8 Å². The van der Waals surface area contributed by atoms with E-state index in [-0.39, 0.29) is 31.5 Å². The van der Waals surface area contributed by atoms with Gasteiger partial charge in [0.15, 0.2) is 5.78 Å². The number of aryl methyl sites for hydroxylation is 1. The number of carbonyl (C=O) groups is 2. The van der Waals surface area contributed by atoms with Gasteiger partial charge in [0.25, 0.3) is 0 Å². The molecule has 1 aromatic heterocycles. The van der Waals surface area contributed by atoms with Crippen molar-refractivity contribution in [2.24, 2.45) is 0 Å². The van der Waals surface area contributed by atoms with Crippen LogP contribution in [0.15, 0.2) is 6.20 Å². The minimum absolute atomic E-state index is 0.0459. The van der Waals surface area contributed by atoms with Crippen molar-refractivity contribution >= 4 is 11.7 Å². The Balaban J connectivity index is 0.00000301. The highest BCUT2D eigenvalue weighted by molar-refractivity contribution is 5.79. The lowest BCUT2D eigenvalue weighted by molar-refractivity contribution is -0.128.